The van der Waals surface area contributed by atoms with Gasteiger partial charge in [-0.2, -0.15) is 10.1 Å². The Kier molecular flexibility index (Phi) is 5.44. The number of benzene rings is 1. The van der Waals surface area contributed by atoms with E-state index >= 15 is 0 Å². The second-order valence-corrected chi connectivity index (χ2v) is 5.78. The first-order chi connectivity index (χ1) is 13.1. The van der Waals surface area contributed by atoms with Gasteiger partial charge in [-0.15, -0.1) is 0 Å². The Bertz CT molecular complexity index is 819. The predicted octanol–water partition coefficient (Wildman–Crippen LogP) is 3.45. The topological polar surface area (TPSA) is 93.4 Å². The van der Waals surface area contributed by atoms with Crippen molar-refractivity contribution in [2.24, 2.45) is 5.10 Å². The molecule has 27 heavy (non-hydrogen) atoms. The minimum Gasteiger partial charge on any atom is -0.465 e. The lowest BCUT2D eigenvalue weighted by atomic mass is 9.96. The smallest absolute Gasteiger partial charge is 0.433 e. The second-order valence-electron chi connectivity index (χ2n) is 5.78. The molecule has 8 nitrogen and oxygen atoms in total. The van der Waals surface area contributed by atoms with Crippen LogP contribution in [-0.2, 0) is 15.1 Å². The molecule has 1 aromatic carbocycles. The van der Waals surface area contributed by atoms with Crippen molar-refractivity contribution in [1.29, 1.82) is 0 Å². The summed E-state index contributed by atoms with van der Waals surface area (Å²) in [6.07, 6.45) is 0.278. The molecule has 0 spiro atoms. The number of amides is 2. The molecule has 0 fully saturated rings. The summed E-state index contributed by atoms with van der Waals surface area (Å²) in [5, 5.41) is 8.29. The fraction of sp³-hybridized carbons (Fsp3) is 0.316. The molecule has 1 N–H and O–H groups in total. The zero-order valence-electron chi connectivity index (χ0n) is 15.2. The van der Waals surface area contributed by atoms with Gasteiger partial charge in [0, 0.05) is 6.42 Å². The van der Waals surface area contributed by atoms with Crippen LogP contribution >= 0.6 is 0 Å². The number of carbonyl (C=O) groups excluding carboxylic acids is 2. The lowest BCUT2D eigenvalue weighted by molar-refractivity contribution is 0.0321. The van der Waals surface area contributed by atoms with Crippen LogP contribution in [0.25, 0.3) is 0 Å². The highest BCUT2D eigenvalue weighted by Gasteiger charge is 2.52. The summed E-state index contributed by atoms with van der Waals surface area (Å²) in [5.74, 6) is 0.346. The molecule has 142 valence electrons. The van der Waals surface area contributed by atoms with Gasteiger partial charge in [0.25, 0.3) is 0 Å². The number of alkyl carbamates (subject to hydrolysis) is 1. The maximum atomic E-state index is 12.6. The average Bonchev–Trinajstić information content (AvgIpc) is 3.32. The number of carbonyl (C=O) groups is 2. The second kappa shape index (κ2) is 7.94. The maximum absolute atomic E-state index is 12.6. The Balaban J connectivity index is 2.06. The average molecular weight is 371 g/mol. The fourth-order valence-corrected chi connectivity index (χ4v) is 2.93. The zero-order valence-corrected chi connectivity index (χ0v) is 15.2. The monoisotopic (exact) mass is 371 g/mol. The maximum Gasteiger partial charge on any atom is 0.433 e. The summed E-state index contributed by atoms with van der Waals surface area (Å²) in [6.45, 7) is 3.75. The van der Waals surface area contributed by atoms with Gasteiger partial charge >= 0.3 is 12.2 Å². The summed E-state index contributed by atoms with van der Waals surface area (Å²) in [6, 6.07) is 12.7. The molecule has 0 radical (unpaired) electrons. The number of furan rings is 1. The standard InChI is InChI=1S/C19H21N3O5/c1-3-25-17(23)20-19(16-11-8-12-27-16)13-15(14-9-6-5-7-10-14)21-22(19)18(24)26-4-2/h5-12H,3-4,13H2,1-2H3,(H,20,23). The van der Waals surface area contributed by atoms with Gasteiger partial charge in [-0.25, -0.2) is 9.59 Å². The lowest BCUT2D eigenvalue weighted by Gasteiger charge is -2.33. The first kappa shape index (κ1) is 18.5. The first-order valence-electron chi connectivity index (χ1n) is 8.69. The third-order valence-corrected chi connectivity index (χ3v) is 4.07. The summed E-state index contributed by atoms with van der Waals surface area (Å²) in [5.41, 5.74) is 0.0513. The van der Waals surface area contributed by atoms with Crippen LogP contribution in [0.4, 0.5) is 9.59 Å². The molecule has 1 aliphatic heterocycles. The molecule has 0 bridgehead atoms. The quantitative estimate of drug-likeness (QED) is 0.869. The van der Waals surface area contributed by atoms with E-state index in [1.165, 1.54) is 6.26 Å². The van der Waals surface area contributed by atoms with Crippen molar-refractivity contribution in [3.63, 3.8) is 0 Å². The highest BCUT2D eigenvalue weighted by molar-refractivity contribution is 6.03. The normalized spacial score (nSPS) is 18.7. The predicted molar refractivity (Wildman–Crippen MR) is 97.0 cm³/mol. The summed E-state index contributed by atoms with van der Waals surface area (Å²) >= 11 is 0. The molecule has 1 aliphatic rings. The molecule has 1 unspecified atom stereocenters. The van der Waals surface area contributed by atoms with E-state index in [0.29, 0.717) is 11.5 Å². The molecule has 0 aliphatic carbocycles. The van der Waals surface area contributed by atoms with Gasteiger partial charge in [0.1, 0.15) is 0 Å². The van der Waals surface area contributed by atoms with Crippen molar-refractivity contribution in [2.45, 2.75) is 25.9 Å². The molecule has 2 amide bonds. The molecule has 2 aromatic rings. The molecule has 8 heteroatoms. The van der Waals surface area contributed by atoms with Gasteiger partial charge in [0.2, 0.25) is 5.66 Å². The molecule has 1 atom stereocenters. The van der Waals surface area contributed by atoms with Crippen molar-refractivity contribution >= 4 is 17.9 Å². The molecule has 1 aromatic heterocycles. The minimum atomic E-state index is -1.38. The molecule has 0 saturated carbocycles. The van der Waals surface area contributed by atoms with Crippen molar-refractivity contribution in [2.75, 3.05) is 13.2 Å². The van der Waals surface area contributed by atoms with Crippen LogP contribution in [-0.4, -0.2) is 36.1 Å². The highest BCUT2D eigenvalue weighted by Crippen LogP contribution is 2.38. The Morgan fingerprint density at radius 2 is 1.89 bits per heavy atom. The Labute approximate surface area is 156 Å². The van der Waals surface area contributed by atoms with E-state index < -0.39 is 17.8 Å². The summed E-state index contributed by atoms with van der Waals surface area (Å²) < 4.78 is 15.7. The van der Waals surface area contributed by atoms with E-state index in [1.54, 1.807) is 26.0 Å². The van der Waals surface area contributed by atoms with Gasteiger partial charge in [-0.05, 0) is 31.5 Å². The van der Waals surface area contributed by atoms with E-state index in [2.05, 4.69) is 10.4 Å². The SMILES string of the molecule is CCOC(=O)NC1(c2ccco2)CC(c2ccccc2)=NN1C(=O)OCC. The number of nitrogens with one attached hydrogen (secondary N) is 1. The third kappa shape index (κ3) is 3.64. The number of hydrogen-bond acceptors (Lipinski definition) is 6. The van der Waals surface area contributed by atoms with Gasteiger partial charge in [-0.1, -0.05) is 30.3 Å². The van der Waals surface area contributed by atoms with Crippen LogP contribution in [0.1, 0.15) is 31.6 Å². The third-order valence-electron chi connectivity index (χ3n) is 4.07. The van der Waals surface area contributed by atoms with E-state index in [0.717, 1.165) is 10.6 Å². The zero-order chi connectivity index (χ0) is 19.3. The van der Waals surface area contributed by atoms with Crippen LogP contribution in [0.3, 0.4) is 0 Å². The van der Waals surface area contributed by atoms with Crippen LogP contribution in [0, 0.1) is 0 Å². The first-order valence-corrected chi connectivity index (χ1v) is 8.69. The van der Waals surface area contributed by atoms with Crippen molar-refractivity contribution in [1.82, 2.24) is 10.3 Å². The minimum absolute atomic E-state index is 0.166. The number of hydrazone groups is 1. The Hall–Kier alpha value is -3.29. The summed E-state index contributed by atoms with van der Waals surface area (Å²) in [7, 11) is 0. The Morgan fingerprint density at radius 3 is 2.52 bits per heavy atom. The highest BCUT2D eigenvalue weighted by atomic mass is 16.6. The van der Waals surface area contributed by atoms with Gasteiger partial charge < -0.3 is 13.9 Å². The van der Waals surface area contributed by atoms with Crippen LogP contribution in [0.5, 0.6) is 0 Å². The van der Waals surface area contributed by atoms with Crippen LogP contribution < -0.4 is 5.32 Å². The van der Waals surface area contributed by atoms with Gasteiger partial charge in [0.15, 0.2) is 5.76 Å². The molecular weight excluding hydrogens is 350 g/mol. The summed E-state index contributed by atoms with van der Waals surface area (Å²) in [4.78, 5) is 24.9. The fourth-order valence-electron chi connectivity index (χ4n) is 2.93. The van der Waals surface area contributed by atoms with Gasteiger partial charge in [-0.3, -0.25) is 5.32 Å². The number of rotatable bonds is 5. The lowest BCUT2D eigenvalue weighted by Crippen LogP contribution is -2.56. The van der Waals surface area contributed by atoms with Crippen molar-refractivity contribution in [3.8, 4) is 0 Å². The van der Waals surface area contributed by atoms with E-state index in [1.807, 2.05) is 30.3 Å². The molecule has 3 rings (SSSR count). The van der Waals surface area contributed by atoms with Crippen molar-refractivity contribution in [3.05, 3.63) is 60.1 Å². The van der Waals surface area contributed by atoms with Crippen molar-refractivity contribution < 1.29 is 23.5 Å². The molecular formula is C19H21N3O5. The molecule has 2 heterocycles. The number of ether oxygens (including phenoxy) is 2. The molecule has 0 saturated heterocycles. The Morgan fingerprint density at radius 1 is 1.15 bits per heavy atom. The van der Waals surface area contributed by atoms with E-state index in [9.17, 15) is 9.59 Å². The van der Waals surface area contributed by atoms with E-state index in [-0.39, 0.29) is 19.6 Å². The van der Waals surface area contributed by atoms with Crippen LogP contribution in [0.2, 0.25) is 0 Å². The number of nitrogens with zero attached hydrogens (tertiary/aromatic N) is 2. The van der Waals surface area contributed by atoms with Crippen LogP contribution in [0.15, 0.2) is 58.2 Å². The number of hydrogen-bond donors (Lipinski definition) is 1. The largest absolute Gasteiger partial charge is 0.465 e. The van der Waals surface area contributed by atoms with Gasteiger partial charge in [0.05, 0.1) is 25.2 Å². The van der Waals surface area contributed by atoms with E-state index in [4.69, 9.17) is 13.9 Å².